The van der Waals surface area contributed by atoms with Crippen LogP contribution in [0, 0.1) is 18.8 Å². The summed E-state index contributed by atoms with van der Waals surface area (Å²) in [4.78, 5) is 13.0. The number of anilines is 1. The number of carbonyl (C=O) groups excluding carboxylic acids is 1. The zero-order chi connectivity index (χ0) is 12.7. The highest BCUT2D eigenvalue weighted by molar-refractivity contribution is 5.88. The van der Waals surface area contributed by atoms with Crippen molar-refractivity contribution in [3.05, 3.63) is 29.8 Å². The third-order valence-electron chi connectivity index (χ3n) is 2.26. The number of hydrogen-bond acceptors (Lipinski definition) is 3. The van der Waals surface area contributed by atoms with E-state index in [0.29, 0.717) is 13.2 Å². The molecule has 1 aromatic rings. The molecule has 3 nitrogen and oxygen atoms in total. The van der Waals surface area contributed by atoms with Crippen molar-refractivity contribution in [1.29, 1.82) is 0 Å². The second-order valence-electron chi connectivity index (χ2n) is 3.71. The zero-order valence-corrected chi connectivity index (χ0v) is 10.5. The SMILES string of the molecule is CCOC(=O)C#CCN(C)c1ccc(C)cc1. The minimum atomic E-state index is -0.468. The van der Waals surface area contributed by atoms with Gasteiger partial charge in [-0.2, -0.15) is 0 Å². The zero-order valence-electron chi connectivity index (χ0n) is 10.5. The van der Waals surface area contributed by atoms with Gasteiger partial charge in [-0.25, -0.2) is 4.79 Å². The van der Waals surface area contributed by atoms with Crippen LogP contribution in [0.2, 0.25) is 0 Å². The van der Waals surface area contributed by atoms with Gasteiger partial charge >= 0.3 is 5.97 Å². The summed E-state index contributed by atoms with van der Waals surface area (Å²) >= 11 is 0. The summed E-state index contributed by atoms with van der Waals surface area (Å²) in [6.45, 7) is 4.67. The Morgan fingerprint density at radius 2 is 2.00 bits per heavy atom. The number of nitrogens with zero attached hydrogens (tertiary/aromatic N) is 1. The monoisotopic (exact) mass is 231 g/mol. The first-order valence-electron chi connectivity index (χ1n) is 5.57. The van der Waals surface area contributed by atoms with E-state index in [1.165, 1.54) is 5.56 Å². The van der Waals surface area contributed by atoms with Crippen molar-refractivity contribution in [3.8, 4) is 11.8 Å². The van der Waals surface area contributed by atoms with Crippen LogP contribution in [0.3, 0.4) is 0 Å². The van der Waals surface area contributed by atoms with Gasteiger partial charge in [0.25, 0.3) is 0 Å². The van der Waals surface area contributed by atoms with Crippen molar-refractivity contribution >= 4 is 11.7 Å². The third-order valence-corrected chi connectivity index (χ3v) is 2.26. The maximum Gasteiger partial charge on any atom is 0.384 e. The van der Waals surface area contributed by atoms with Gasteiger partial charge in [0.05, 0.1) is 13.2 Å². The highest BCUT2D eigenvalue weighted by atomic mass is 16.5. The van der Waals surface area contributed by atoms with E-state index >= 15 is 0 Å². The normalized spacial score (nSPS) is 9.12. The molecule has 0 unspecified atom stereocenters. The summed E-state index contributed by atoms with van der Waals surface area (Å²) in [5.74, 6) is 4.76. The van der Waals surface area contributed by atoms with Crippen molar-refractivity contribution in [2.75, 3.05) is 25.1 Å². The highest BCUT2D eigenvalue weighted by Crippen LogP contribution is 2.12. The van der Waals surface area contributed by atoms with Gasteiger partial charge in [0.1, 0.15) is 0 Å². The summed E-state index contributed by atoms with van der Waals surface area (Å²) in [6.07, 6.45) is 0. The molecule has 0 spiro atoms. The lowest BCUT2D eigenvalue weighted by molar-refractivity contribution is -0.136. The smallest absolute Gasteiger partial charge is 0.384 e. The molecule has 90 valence electrons. The standard InChI is InChI=1S/C14H17NO2/c1-4-17-14(16)6-5-11-15(3)13-9-7-12(2)8-10-13/h7-10H,4,11H2,1-3H3. The maximum atomic E-state index is 11.0. The van der Waals surface area contributed by atoms with Crippen molar-refractivity contribution in [3.63, 3.8) is 0 Å². The molecule has 0 saturated carbocycles. The van der Waals surface area contributed by atoms with Gasteiger partial charge in [0.15, 0.2) is 0 Å². The molecule has 0 saturated heterocycles. The second-order valence-corrected chi connectivity index (χ2v) is 3.71. The minimum Gasteiger partial charge on any atom is -0.456 e. The van der Waals surface area contributed by atoms with Gasteiger partial charge in [-0.1, -0.05) is 23.6 Å². The summed E-state index contributed by atoms with van der Waals surface area (Å²) in [5.41, 5.74) is 2.30. The number of hydrogen-bond donors (Lipinski definition) is 0. The van der Waals surface area contributed by atoms with E-state index in [1.54, 1.807) is 6.92 Å². The Morgan fingerprint density at radius 1 is 1.35 bits per heavy atom. The van der Waals surface area contributed by atoms with Crippen molar-refractivity contribution < 1.29 is 9.53 Å². The van der Waals surface area contributed by atoms with E-state index in [-0.39, 0.29) is 0 Å². The molecule has 0 aliphatic carbocycles. The Hall–Kier alpha value is -1.95. The fraction of sp³-hybridized carbons (Fsp3) is 0.357. The Morgan fingerprint density at radius 3 is 2.59 bits per heavy atom. The van der Waals surface area contributed by atoms with Crippen LogP contribution in [0.25, 0.3) is 0 Å². The molecule has 17 heavy (non-hydrogen) atoms. The van der Waals surface area contributed by atoms with Crippen LogP contribution in [0.15, 0.2) is 24.3 Å². The van der Waals surface area contributed by atoms with Crippen molar-refractivity contribution in [2.24, 2.45) is 0 Å². The molecule has 0 aromatic heterocycles. The van der Waals surface area contributed by atoms with Crippen molar-refractivity contribution in [2.45, 2.75) is 13.8 Å². The summed E-state index contributed by atoms with van der Waals surface area (Å²) in [7, 11) is 1.94. The van der Waals surface area contributed by atoms with Crippen LogP contribution in [0.1, 0.15) is 12.5 Å². The van der Waals surface area contributed by atoms with Crippen molar-refractivity contribution in [1.82, 2.24) is 0 Å². The molecular weight excluding hydrogens is 214 g/mol. The Bertz CT molecular complexity index is 426. The number of carbonyl (C=O) groups is 1. The Balaban J connectivity index is 2.52. The molecule has 0 bridgehead atoms. The van der Waals surface area contributed by atoms with Gasteiger partial charge in [-0.05, 0) is 26.0 Å². The highest BCUT2D eigenvalue weighted by Gasteiger charge is 1.98. The van der Waals surface area contributed by atoms with Gasteiger partial charge in [0, 0.05) is 18.7 Å². The van der Waals surface area contributed by atoms with Crippen LogP contribution in [-0.4, -0.2) is 26.2 Å². The lowest BCUT2D eigenvalue weighted by Gasteiger charge is -2.15. The fourth-order valence-electron chi connectivity index (χ4n) is 1.29. The van der Waals surface area contributed by atoms with E-state index in [4.69, 9.17) is 4.74 Å². The molecule has 0 aliphatic heterocycles. The first-order valence-corrected chi connectivity index (χ1v) is 5.57. The molecule has 0 aliphatic rings. The molecule has 3 heteroatoms. The molecule has 1 aromatic carbocycles. The molecule has 0 radical (unpaired) electrons. The molecule has 0 heterocycles. The topological polar surface area (TPSA) is 29.5 Å². The molecule has 0 N–H and O–H groups in total. The number of rotatable bonds is 3. The second kappa shape index (κ2) is 6.59. The van der Waals surface area contributed by atoms with Gasteiger partial charge in [-0.3, -0.25) is 0 Å². The maximum absolute atomic E-state index is 11.0. The largest absolute Gasteiger partial charge is 0.456 e. The Kier molecular flexibility index (Phi) is 5.09. The summed E-state index contributed by atoms with van der Waals surface area (Å²) in [5, 5.41) is 0. The van der Waals surface area contributed by atoms with Gasteiger partial charge in [-0.15, -0.1) is 0 Å². The van der Waals surface area contributed by atoms with E-state index < -0.39 is 5.97 Å². The fourth-order valence-corrected chi connectivity index (χ4v) is 1.29. The molecular formula is C14H17NO2. The predicted octanol–water partition coefficient (Wildman–Crippen LogP) is 2.00. The lowest BCUT2D eigenvalue weighted by atomic mass is 10.2. The van der Waals surface area contributed by atoms with Crippen LogP contribution in [0.5, 0.6) is 0 Å². The minimum absolute atomic E-state index is 0.362. The number of benzene rings is 1. The Labute approximate surface area is 102 Å². The molecule has 0 atom stereocenters. The number of esters is 1. The van der Waals surface area contributed by atoms with Crippen LogP contribution < -0.4 is 4.90 Å². The third kappa shape index (κ3) is 4.60. The van der Waals surface area contributed by atoms with E-state index in [0.717, 1.165) is 5.69 Å². The number of ether oxygens (including phenoxy) is 1. The molecule has 0 fully saturated rings. The quantitative estimate of drug-likeness (QED) is 0.452. The lowest BCUT2D eigenvalue weighted by Crippen LogP contribution is -2.17. The summed E-state index contributed by atoms with van der Waals surface area (Å²) in [6, 6.07) is 8.15. The van der Waals surface area contributed by atoms with E-state index in [9.17, 15) is 4.79 Å². The molecule has 0 amide bonds. The van der Waals surface area contributed by atoms with E-state index in [2.05, 4.69) is 11.8 Å². The van der Waals surface area contributed by atoms with Crippen LogP contribution in [-0.2, 0) is 9.53 Å². The van der Waals surface area contributed by atoms with Gasteiger partial charge < -0.3 is 9.64 Å². The van der Waals surface area contributed by atoms with Gasteiger partial charge in [0.2, 0.25) is 0 Å². The van der Waals surface area contributed by atoms with Crippen LogP contribution >= 0.6 is 0 Å². The van der Waals surface area contributed by atoms with E-state index in [1.807, 2.05) is 43.1 Å². The first kappa shape index (κ1) is 13.1. The first-order chi connectivity index (χ1) is 8.13. The average molecular weight is 231 g/mol. The predicted molar refractivity (Wildman–Crippen MR) is 68.9 cm³/mol. The van der Waals surface area contributed by atoms with Crippen LogP contribution in [0.4, 0.5) is 5.69 Å². The average Bonchev–Trinajstić information content (AvgIpc) is 2.30. The molecule has 1 rings (SSSR count). The summed E-state index contributed by atoms with van der Waals surface area (Å²) < 4.78 is 4.71. The number of aryl methyl sites for hydroxylation is 1.